The lowest BCUT2D eigenvalue weighted by Crippen LogP contribution is -2.35. The Morgan fingerprint density at radius 3 is 2.48 bits per heavy atom. The maximum absolute atomic E-state index is 12.5. The summed E-state index contributed by atoms with van der Waals surface area (Å²) < 4.78 is 0. The van der Waals surface area contributed by atoms with E-state index in [1.807, 2.05) is 54.6 Å². The molecule has 4 rings (SSSR count). The van der Waals surface area contributed by atoms with E-state index in [0.717, 1.165) is 16.7 Å². The molecule has 0 atom stereocenters. The number of amidine groups is 1. The number of hydrogen-bond acceptors (Lipinski definition) is 8. The van der Waals surface area contributed by atoms with E-state index in [0.29, 0.717) is 12.4 Å². The van der Waals surface area contributed by atoms with Crippen LogP contribution in [-0.2, 0) is 17.8 Å². The lowest BCUT2D eigenvalue weighted by molar-refractivity contribution is -0.115. The summed E-state index contributed by atoms with van der Waals surface area (Å²) in [7, 11) is 0. The molecule has 31 heavy (non-hydrogen) atoms. The predicted octanol–water partition coefficient (Wildman–Crippen LogP) is 0.862. The van der Waals surface area contributed by atoms with Crippen molar-refractivity contribution < 1.29 is 9.59 Å². The van der Waals surface area contributed by atoms with E-state index in [9.17, 15) is 9.59 Å². The molecule has 0 bridgehead atoms. The summed E-state index contributed by atoms with van der Waals surface area (Å²) in [5.41, 5.74) is 11.0. The van der Waals surface area contributed by atoms with Gasteiger partial charge >= 0.3 is 0 Å². The van der Waals surface area contributed by atoms with E-state index < -0.39 is 0 Å². The molecule has 10 heteroatoms. The molecule has 2 aromatic carbocycles. The second kappa shape index (κ2) is 9.46. The number of rotatable bonds is 7. The monoisotopic (exact) mass is 416 g/mol. The van der Waals surface area contributed by atoms with Gasteiger partial charge in [0.2, 0.25) is 5.91 Å². The van der Waals surface area contributed by atoms with E-state index >= 15 is 0 Å². The van der Waals surface area contributed by atoms with Crippen LogP contribution in [0.5, 0.6) is 0 Å². The highest BCUT2D eigenvalue weighted by molar-refractivity contribution is 5.99. The predicted molar refractivity (Wildman–Crippen MR) is 114 cm³/mol. The van der Waals surface area contributed by atoms with E-state index in [-0.39, 0.29) is 29.7 Å². The molecule has 10 nitrogen and oxygen atoms in total. The zero-order valence-corrected chi connectivity index (χ0v) is 16.4. The first kappa shape index (κ1) is 20.0. The maximum atomic E-state index is 12.5. The Hall–Kier alpha value is -4.31. The highest BCUT2D eigenvalue weighted by Gasteiger charge is 2.12. The number of nitrogens with zero attached hydrogens (tertiary/aromatic N) is 3. The summed E-state index contributed by atoms with van der Waals surface area (Å²) in [6.45, 7) is 0.329. The standard InChI is InChI=1S/C21H20N8O2/c30-19(10-14-4-2-1-3-5-14)25-18-11-17(23-13-24-18)21(31)22-12-15-6-8-16(9-7-15)20-26-28-29-27-20/h1-9,11,13,28-29H,10,12H2,(H,22,31)(H,26,27)(H,23,24,25,30). The molecule has 0 saturated heterocycles. The Morgan fingerprint density at radius 2 is 1.74 bits per heavy atom. The number of amides is 2. The normalized spacial score (nSPS) is 12.3. The van der Waals surface area contributed by atoms with Crippen molar-refractivity contribution in [1.29, 1.82) is 0 Å². The third-order valence-corrected chi connectivity index (χ3v) is 4.46. The topological polar surface area (TPSA) is 132 Å². The van der Waals surface area contributed by atoms with Crippen LogP contribution in [0.4, 0.5) is 5.82 Å². The van der Waals surface area contributed by atoms with Crippen molar-refractivity contribution in [2.24, 2.45) is 5.10 Å². The minimum absolute atomic E-state index is 0.170. The molecule has 2 heterocycles. The van der Waals surface area contributed by atoms with Crippen LogP contribution in [0, 0.1) is 0 Å². The molecule has 3 aromatic rings. The molecule has 0 fully saturated rings. The second-order valence-corrected chi connectivity index (χ2v) is 6.70. The quantitative estimate of drug-likeness (QED) is 0.386. The summed E-state index contributed by atoms with van der Waals surface area (Å²) in [6, 6.07) is 18.4. The molecular formula is C21H20N8O2. The van der Waals surface area contributed by atoms with E-state index in [1.165, 1.54) is 12.4 Å². The number of benzene rings is 2. The van der Waals surface area contributed by atoms with Gasteiger partial charge in [-0.3, -0.25) is 15.0 Å². The molecule has 0 aliphatic carbocycles. The Balaban J connectivity index is 1.32. The van der Waals surface area contributed by atoms with Crippen LogP contribution in [0.25, 0.3) is 0 Å². The van der Waals surface area contributed by atoms with Gasteiger partial charge in [0.15, 0.2) is 5.84 Å². The molecule has 2 amide bonds. The van der Waals surface area contributed by atoms with Crippen molar-refractivity contribution in [1.82, 2.24) is 31.8 Å². The molecule has 1 aliphatic rings. The number of anilines is 1. The van der Waals surface area contributed by atoms with Crippen molar-refractivity contribution in [3.05, 3.63) is 89.4 Å². The summed E-state index contributed by atoms with van der Waals surface area (Å²) in [4.78, 5) is 32.7. The Bertz CT molecular complexity index is 1100. The van der Waals surface area contributed by atoms with Crippen molar-refractivity contribution in [3.63, 3.8) is 0 Å². The molecule has 1 aliphatic heterocycles. The number of carbonyl (C=O) groups excluding carboxylic acids is 2. The Labute approximate surface area is 178 Å². The van der Waals surface area contributed by atoms with Gasteiger partial charge in [0.25, 0.3) is 5.91 Å². The smallest absolute Gasteiger partial charge is 0.270 e. The van der Waals surface area contributed by atoms with Crippen LogP contribution in [0.3, 0.4) is 0 Å². The van der Waals surface area contributed by atoms with Crippen LogP contribution >= 0.6 is 0 Å². The molecular weight excluding hydrogens is 396 g/mol. The maximum Gasteiger partial charge on any atom is 0.270 e. The summed E-state index contributed by atoms with van der Waals surface area (Å²) in [5, 5.41) is 9.54. The molecule has 0 spiro atoms. The van der Waals surface area contributed by atoms with Gasteiger partial charge in [-0.1, -0.05) is 54.6 Å². The Kier molecular flexibility index (Phi) is 6.10. The van der Waals surface area contributed by atoms with E-state index in [4.69, 9.17) is 0 Å². The first-order valence-corrected chi connectivity index (χ1v) is 9.54. The van der Waals surface area contributed by atoms with Crippen LogP contribution < -0.4 is 27.1 Å². The van der Waals surface area contributed by atoms with Gasteiger partial charge in [0, 0.05) is 18.2 Å². The van der Waals surface area contributed by atoms with E-state index in [1.54, 1.807) is 0 Å². The molecule has 1 aromatic heterocycles. The average Bonchev–Trinajstić information content (AvgIpc) is 3.33. The minimum Gasteiger partial charge on any atom is -0.347 e. The number of hydrogen-bond donors (Lipinski definition) is 5. The first-order chi connectivity index (χ1) is 15.2. The SMILES string of the molecule is O=C(Cc1ccccc1)Nc1cc(C(=O)NCc2ccc(C3=NNNN3)cc2)ncn1. The fraction of sp³-hybridized carbons (Fsp3) is 0.0952. The van der Waals surface area contributed by atoms with Gasteiger partial charge in [0.05, 0.1) is 6.42 Å². The average molecular weight is 416 g/mol. The van der Waals surface area contributed by atoms with Crippen LogP contribution in [0.2, 0.25) is 0 Å². The lowest BCUT2D eigenvalue weighted by atomic mass is 10.1. The molecule has 156 valence electrons. The van der Waals surface area contributed by atoms with E-state index in [2.05, 4.69) is 42.2 Å². The number of hydrazine groups is 2. The number of carbonyl (C=O) groups is 2. The summed E-state index contributed by atoms with van der Waals surface area (Å²) >= 11 is 0. The van der Waals surface area contributed by atoms with Gasteiger partial charge in [-0.2, -0.15) is 0 Å². The molecule has 0 unspecified atom stereocenters. The second-order valence-electron chi connectivity index (χ2n) is 6.70. The minimum atomic E-state index is -0.361. The molecule has 5 N–H and O–H groups in total. The molecule has 0 radical (unpaired) electrons. The van der Waals surface area contributed by atoms with Gasteiger partial charge in [-0.05, 0) is 11.1 Å². The number of nitrogens with one attached hydrogen (secondary N) is 5. The van der Waals surface area contributed by atoms with Crippen LogP contribution in [0.15, 0.2) is 72.1 Å². The van der Waals surface area contributed by atoms with Crippen molar-refractivity contribution >= 4 is 23.5 Å². The summed E-state index contributed by atoms with van der Waals surface area (Å²) in [6.07, 6.45) is 1.47. The van der Waals surface area contributed by atoms with Crippen molar-refractivity contribution in [3.8, 4) is 0 Å². The van der Waals surface area contributed by atoms with Gasteiger partial charge in [-0.25, -0.2) is 15.5 Å². The fourth-order valence-electron chi connectivity index (χ4n) is 2.91. The van der Waals surface area contributed by atoms with Crippen molar-refractivity contribution in [2.45, 2.75) is 13.0 Å². The van der Waals surface area contributed by atoms with Gasteiger partial charge < -0.3 is 10.6 Å². The fourth-order valence-corrected chi connectivity index (χ4v) is 2.91. The third-order valence-electron chi connectivity index (χ3n) is 4.46. The first-order valence-electron chi connectivity index (χ1n) is 9.54. The highest BCUT2D eigenvalue weighted by atomic mass is 16.2. The van der Waals surface area contributed by atoms with Crippen LogP contribution in [-0.4, -0.2) is 27.6 Å². The number of hydrazone groups is 1. The molecule has 0 saturated carbocycles. The van der Waals surface area contributed by atoms with Crippen molar-refractivity contribution in [2.75, 3.05) is 5.32 Å². The largest absolute Gasteiger partial charge is 0.347 e. The lowest BCUT2D eigenvalue weighted by Gasteiger charge is -2.08. The highest BCUT2D eigenvalue weighted by Crippen LogP contribution is 2.08. The Morgan fingerprint density at radius 1 is 0.935 bits per heavy atom. The summed E-state index contributed by atoms with van der Waals surface area (Å²) in [5.74, 6) is 0.374. The van der Waals surface area contributed by atoms with Gasteiger partial charge in [0.1, 0.15) is 17.8 Å². The third kappa shape index (κ3) is 5.40. The zero-order valence-electron chi connectivity index (χ0n) is 16.4. The number of aromatic nitrogens is 2. The van der Waals surface area contributed by atoms with Gasteiger partial charge in [-0.15, -0.1) is 10.6 Å². The zero-order chi connectivity index (χ0) is 21.5. The van der Waals surface area contributed by atoms with Crippen LogP contribution in [0.1, 0.15) is 27.2 Å².